The zero-order valence-electron chi connectivity index (χ0n) is 11.8. The van der Waals surface area contributed by atoms with Gasteiger partial charge in [-0.25, -0.2) is 0 Å². The molecule has 0 aliphatic heterocycles. The normalized spacial score (nSPS) is 15.8. The molecule has 1 saturated carbocycles. The van der Waals surface area contributed by atoms with E-state index >= 15 is 0 Å². The zero-order valence-corrected chi connectivity index (χ0v) is 11.8. The molecule has 1 rings (SSSR count). The second-order valence-corrected chi connectivity index (χ2v) is 5.54. The van der Waals surface area contributed by atoms with Crippen LogP contribution in [0, 0.1) is 0 Å². The summed E-state index contributed by atoms with van der Waals surface area (Å²) in [6.07, 6.45) is 10.3. The van der Waals surface area contributed by atoms with Crippen molar-refractivity contribution in [3.63, 3.8) is 0 Å². The summed E-state index contributed by atoms with van der Waals surface area (Å²) in [4.78, 5) is 2.60. The van der Waals surface area contributed by atoms with E-state index in [9.17, 15) is 0 Å². The van der Waals surface area contributed by atoms with Crippen molar-refractivity contribution < 1.29 is 0 Å². The van der Waals surface area contributed by atoms with Gasteiger partial charge in [0.25, 0.3) is 0 Å². The second-order valence-electron chi connectivity index (χ2n) is 5.54. The first-order valence-electron chi connectivity index (χ1n) is 7.32. The van der Waals surface area contributed by atoms with Crippen molar-refractivity contribution in [3.8, 4) is 0 Å². The number of hydrogen-bond donors (Lipinski definition) is 1. The van der Waals surface area contributed by atoms with E-state index < -0.39 is 0 Å². The lowest BCUT2D eigenvalue weighted by atomic mass is 10.2. The summed E-state index contributed by atoms with van der Waals surface area (Å²) in [6.45, 7) is 11.8. The van der Waals surface area contributed by atoms with Crippen LogP contribution in [0.1, 0.15) is 52.4 Å². The topological polar surface area (TPSA) is 15.3 Å². The highest BCUT2D eigenvalue weighted by atomic mass is 15.2. The molecule has 1 aliphatic rings. The van der Waals surface area contributed by atoms with E-state index in [1.54, 1.807) is 0 Å². The third-order valence-electron chi connectivity index (χ3n) is 3.35. The molecule has 0 amide bonds. The van der Waals surface area contributed by atoms with Crippen molar-refractivity contribution in [2.75, 3.05) is 19.6 Å². The molecule has 0 heterocycles. The fraction of sp³-hybridized carbons (Fsp3) is 0.867. The average Bonchev–Trinajstić information content (AvgIpc) is 3.09. The quantitative estimate of drug-likeness (QED) is 0.439. The van der Waals surface area contributed by atoms with Gasteiger partial charge in [-0.15, -0.1) is 6.58 Å². The minimum Gasteiger partial charge on any atom is -0.315 e. The van der Waals surface area contributed by atoms with E-state index in [0.29, 0.717) is 6.04 Å². The maximum absolute atomic E-state index is 3.85. The van der Waals surface area contributed by atoms with E-state index in [4.69, 9.17) is 0 Å². The van der Waals surface area contributed by atoms with Gasteiger partial charge in [-0.2, -0.15) is 0 Å². The molecule has 1 fully saturated rings. The summed E-state index contributed by atoms with van der Waals surface area (Å²) in [5.74, 6) is 0. The van der Waals surface area contributed by atoms with Gasteiger partial charge in [0.1, 0.15) is 0 Å². The maximum Gasteiger partial charge on any atom is 0.0163 e. The van der Waals surface area contributed by atoms with Crippen LogP contribution in [0.15, 0.2) is 12.7 Å². The van der Waals surface area contributed by atoms with Crippen LogP contribution in [0.25, 0.3) is 0 Å². The number of nitrogens with zero attached hydrogens (tertiary/aromatic N) is 1. The molecule has 2 heteroatoms. The Morgan fingerprint density at radius 3 is 2.53 bits per heavy atom. The van der Waals surface area contributed by atoms with E-state index in [2.05, 4.69) is 30.6 Å². The molecule has 17 heavy (non-hydrogen) atoms. The smallest absolute Gasteiger partial charge is 0.0163 e. The van der Waals surface area contributed by atoms with Crippen LogP contribution in [0.4, 0.5) is 0 Å². The summed E-state index contributed by atoms with van der Waals surface area (Å²) in [6, 6.07) is 1.52. The van der Waals surface area contributed by atoms with Gasteiger partial charge in [0, 0.05) is 18.6 Å². The van der Waals surface area contributed by atoms with Crippen LogP contribution in [0.3, 0.4) is 0 Å². The summed E-state index contributed by atoms with van der Waals surface area (Å²) in [5, 5.41) is 3.47. The molecule has 100 valence electrons. The van der Waals surface area contributed by atoms with Crippen LogP contribution in [-0.4, -0.2) is 36.6 Å². The number of rotatable bonds is 11. The highest BCUT2D eigenvalue weighted by Gasteiger charge is 2.27. The summed E-state index contributed by atoms with van der Waals surface area (Å²) >= 11 is 0. The molecule has 0 bridgehead atoms. The van der Waals surface area contributed by atoms with Crippen molar-refractivity contribution in [1.29, 1.82) is 0 Å². The standard InChI is InChI=1S/C15H30N2/c1-4-12-17(15-9-10-15)13-8-6-5-7-11-16-14(2)3/h4,14-16H,1,5-13H2,2-3H3. The molecular formula is C15H30N2. The van der Waals surface area contributed by atoms with E-state index in [1.807, 2.05) is 6.08 Å². The van der Waals surface area contributed by atoms with Gasteiger partial charge >= 0.3 is 0 Å². The molecule has 0 radical (unpaired) electrons. The number of hydrogen-bond acceptors (Lipinski definition) is 2. The lowest BCUT2D eigenvalue weighted by Crippen LogP contribution is -2.27. The van der Waals surface area contributed by atoms with Crippen LogP contribution in [-0.2, 0) is 0 Å². The highest BCUT2D eigenvalue weighted by molar-refractivity contribution is 4.87. The summed E-state index contributed by atoms with van der Waals surface area (Å²) < 4.78 is 0. The van der Waals surface area contributed by atoms with E-state index in [1.165, 1.54) is 51.6 Å². The first-order chi connectivity index (χ1) is 8.24. The van der Waals surface area contributed by atoms with Crippen molar-refractivity contribution in [3.05, 3.63) is 12.7 Å². The Morgan fingerprint density at radius 2 is 1.94 bits per heavy atom. The molecule has 0 saturated heterocycles. The van der Waals surface area contributed by atoms with Crippen LogP contribution < -0.4 is 5.32 Å². The number of nitrogens with one attached hydrogen (secondary N) is 1. The Kier molecular flexibility index (Phi) is 7.54. The molecule has 0 aromatic rings. The van der Waals surface area contributed by atoms with Crippen LogP contribution >= 0.6 is 0 Å². The predicted molar refractivity (Wildman–Crippen MR) is 76.4 cm³/mol. The molecule has 1 aliphatic carbocycles. The molecule has 0 spiro atoms. The molecule has 2 nitrogen and oxygen atoms in total. The Hall–Kier alpha value is -0.340. The van der Waals surface area contributed by atoms with Crippen LogP contribution in [0.5, 0.6) is 0 Å². The van der Waals surface area contributed by atoms with Crippen LogP contribution in [0.2, 0.25) is 0 Å². The Bertz CT molecular complexity index is 197. The van der Waals surface area contributed by atoms with Gasteiger partial charge in [-0.05, 0) is 38.8 Å². The van der Waals surface area contributed by atoms with Gasteiger partial charge in [0.2, 0.25) is 0 Å². The molecule has 0 atom stereocenters. The molecule has 0 aromatic heterocycles. The fourth-order valence-corrected chi connectivity index (χ4v) is 2.21. The van der Waals surface area contributed by atoms with Gasteiger partial charge in [0.05, 0.1) is 0 Å². The SMILES string of the molecule is C=CCN(CCCCCCNC(C)C)C1CC1. The molecular weight excluding hydrogens is 208 g/mol. The Labute approximate surface area is 107 Å². The largest absolute Gasteiger partial charge is 0.315 e. The second kappa shape index (κ2) is 8.71. The number of unbranched alkanes of at least 4 members (excludes halogenated alkanes) is 3. The predicted octanol–water partition coefficient (Wildman–Crippen LogP) is 3.20. The third kappa shape index (κ3) is 7.56. The Morgan fingerprint density at radius 1 is 1.24 bits per heavy atom. The minimum absolute atomic E-state index is 0.632. The lowest BCUT2D eigenvalue weighted by molar-refractivity contribution is 0.284. The first kappa shape index (κ1) is 14.7. The summed E-state index contributed by atoms with van der Waals surface area (Å²) in [5.41, 5.74) is 0. The van der Waals surface area contributed by atoms with E-state index in [-0.39, 0.29) is 0 Å². The average molecular weight is 238 g/mol. The monoisotopic (exact) mass is 238 g/mol. The van der Waals surface area contributed by atoms with Crippen molar-refractivity contribution in [1.82, 2.24) is 10.2 Å². The van der Waals surface area contributed by atoms with E-state index in [0.717, 1.165) is 12.6 Å². The zero-order chi connectivity index (χ0) is 12.5. The molecule has 0 unspecified atom stereocenters. The highest BCUT2D eigenvalue weighted by Crippen LogP contribution is 2.26. The third-order valence-corrected chi connectivity index (χ3v) is 3.35. The maximum atomic E-state index is 3.85. The Balaban J connectivity index is 1.90. The molecule has 1 N–H and O–H groups in total. The van der Waals surface area contributed by atoms with Gasteiger partial charge in [-0.3, -0.25) is 4.90 Å². The van der Waals surface area contributed by atoms with Gasteiger partial charge in [-0.1, -0.05) is 32.8 Å². The van der Waals surface area contributed by atoms with Gasteiger partial charge in [0.15, 0.2) is 0 Å². The molecule has 0 aromatic carbocycles. The van der Waals surface area contributed by atoms with Crippen molar-refractivity contribution >= 4 is 0 Å². The van der Waals surface area contributed by atoms with Crippen molar-refractivity contribution in [2.24, 2.45) is 0 Å². The fourth-order valence-electron chi connectivity index (χ4n) is 2.21. The minimum atomic E-state index is 0.632. The lowest BCUT2D eigenvalue weighted by Gasteiger charge is -2.19. The van der Waals surface area contributed by atoms with Crippen molar-refractivity contribution in [2.45, 2.75) is 64.5 Å². The summed E-state index contributed by atoms with van der Waals surface area (Å²) in [7, 11) is 0. The van der Waals surface area contributed by atoms with Gasteiger partial charge < -0.3 is 5.32 Å². The first-order valence-corrected chi connectivity index (χ1v) is 7.32.